The Bertz CT molecular complexity index is 268. The molecule has 4 N–H and O–H groups in total. The third-order valence-electron chi connectivity index (χ3n) is 1.54. The zero-order valence-electron chi connectivity index (χ0n) is 6.79. The summed E-state index contributed by atoms with van der Waals surface area (Å²) in [5.41, 5.74) is 3.88. The second kappa shape index (κ2) is 3.73. The standard InChI is InChI=1S/C8H11N3O/c1-10-8(12)6-2-4-7(11-9)5-3-6/h2-5,11H,9H2,1H3,(H,10,12). The molecule has 0 spiro atoms. The van der Waals surface area contributed by atoms with Crippen LogP contribution in [-0.4, -0.2) is 13.0 Å². The number of amides is 1. The van der Waals surface area contributed by atoms with Crippen molar-refractivity contribution in [3.8, 4) is 0 Å². The number of nitrogen functional groups attached to an aromatic ring is 1. The molecule has 0 aliphatic heterocycles. The largest absolute Gasteiger partial charge is 0.355 e. The van der Waals surface area contributed by atoms with E-state index in [4.69, 9.17) is 5.84 Å². The summed E-state index contributed by atoms with van der Waals surface area (Å²) in [6.07, 6.45) is 0. The number of hydrogen-bond acceptors (Lipinski definition) is 3. The lowest BCUT2D eigenvalue weighted by Gasteiger charge is -2.01. The third kappa shape index (κ3) is 1.73. The highest BCUT2D eigenvalue weighted by Crippen LogP contribution is 2.07. The quantitative estimate of drug-likeness (QED) is 0.437. The molecule has 4 nitrogen and oxygen atoms in total. The van der Waals surface area contributed by atoms with Crippen LogP contribution in [-0.2, 0) is 0 Å². The zero-order chi connectivity index (χ0) is 8.97. The fourth-order valence-corrected chi connectivity index (χ4v) is 0.862. The van der Waals surface area contributed by atoms with Gasteiger partial charge in [0.2, 0.25) is 0 Å². The van der Waals surface area contributed by atoms with E-state index in [0.29, 0.717) is 5.56 Å². The maximum absolute atomic E-state index is 11.1. The smallest absolute Gasteiger partial charge is 0.251 e. The lowest BCUT2D eigenvalue weighted by Crippen LogP contribution is -2.17. The molecule has 0 aromatic heterocycles. The summed E-state index contributed by atoms with van der Waals surface area (Å²) >= 11 is 0. The molecule has 0 saturated carbocycles. The first kappa shape index (κ1) is 8.55. The first-order valence-corrected chi connectivity index (χ1v) is 3.56. The molecule has 1 aromatic carbocycles. The Morgan fingerprint density at radius 2 is 1.92 bits per heavy atom. The van der Waals surface area contributed by atoms with Crippen molar-refractivity contribution in [1.82, 2.24) is 5.32 Å². The van der Waals surface area contributed by atoms with Crippen LogP contribution < -0.4 is 16.6 Å². The molecule has 0 radical (unpaired) electrons. The molecule has 0 bridgehead atoms. The van der Waals surface area contributed by atoms with Crippen LogP contribution in [0.15, 0.2) is 24.3 Å². The van der Waals surface area contributed by atoms with Crippen molar-refractivity contribution in [3.05, 3.63) is 29.8 Å². The lowest BCUT2D eigenvalue weighted by molar-refractivity contribution is 0.0963. The molecule has 1 aromatic rings. The molecule has 1 rings (SSSR count). The van der Waals surface area contributed by atoms with Gasteiger partial charge in [0.25, 0.3) is 5.91 Å². The predicted octanol–water partition coefficient (Wildman–Crippen LogP) is 0.332. The molecule has 64 valence electrons. The van der Waals surface area contributed by atoms with Gasteiger partial charge in [0.1, 0.15) is 0 Å². The van der Waals surface area contributed by atoms with Gasteiger partial charge in [0, 0.05) is 18.3 Å². The Balaban J connectivity index is 2.84. The van der Waals surface area contributed by atoms with E-state index < -0.39 is 0 Å². The molecule has 0 saturated heterocycles. The monoisotopic (exact) mass is 165 g/mol. The fraction of sp³-hybridized carbons (Fsp3) is 0.125. The Labute approximate surface area is 70.7 Å². The molecule has 12 heavy (non-hydrogen) atoms. The van der Waals surface area contributed by atoms with Crippen molar-refractivity contribution in [3.63, 3.8) is 0 Å². The average molecular weight is 165 g/mol. The minimum atomic E-state index is -0.0985. The van der Waals surface area contributed by atoms with E-state index in [9.17, 15) is 4.79 Å². The normalized spacial score (nSPS) is 9.17. The number of hydrogen-bond donors (Lipinski definition) is 3. The van der Waals surface area contributed by atoms with E-state index in [1.54, 1.807) is 31.3 Å². The topological polar surface area (TPSA) is 67.2 Å². The second-order valence-corrected chi connectivity index (χ2v) is 2.30. The van der Waals surface area contributed by atoms with Crippen molar-refractivity contribution in [2.75, 3.05) is 12.5 Å². The highest BCUT2D eigenvalue weighted by atomic mass is 16.1. The number of rotatable bonds is 2. The van der Waals surface area contributed by atoms with Crippen LogP contribution in [0.1, 0.15) is 10.4 Å². The van der Waals surface area contributed by atoms with Gasteiger partial charge >= 0.3 is 0 Å². The summed E-state index contributed by atoms with van der Waals surface area (Å²) in [5.74, 6) is 5.06. The maximum Gasteiger partial charge on any atom is 0.251 e. The van der Waals surface area contributed by atoms with Crippen LogP contribution in [0.25, 0.3) is 0 Å². The van der Waals surface area contributed by atoms with Gasteiger partial charge in [0.15, 0.2) is 0 Å². The van der Waals surface area contributed by atoms with E-state index in [1.807, 2.05) is 0 Å². The molecule has 0 aliphatic carbocycles. The Kier molecular flexibility index (Phi) is 2.66. The zero-order valence-corrected chi connectivity index (χ0v) is 6.79. The van der Waals surface area contributed by atoms with Gasteiger partial charge in [-0.15, -0.1) is 0 Å². The van der Waals surface area contributed by atoms with Crippen LogP contribution >= 0.6 is 0 Å². The highest BCUT2D eigenvalue weighted by molar-refractivity contribution is 5.94. The number of nitrogens with two attached hydrogens (primary N) is 1. The van der Waals surface area contributed by atoms with Gasteiger partial charge in [-0.2, -0.15) is 0 Å². The number of nitrogens with one attached hydrogen (secondary N) is 2. The van der Waals surface area contributed by atoms with E-state index >= 15 is 0 Å². The highest BCUT2D eigenvalue weighted by Gasteiger charge is 2.00. The van der Waals surface area contributed by atoms with Crippen LogP contribution in [0, 0.1) is 0 Å². The van der Waals surface area contributed by atoms with E-state index in [0.717, 1.165) is 5.69 Å². The van der Waals surface area contributed by atoms with Crippen molar-refractivity contribution in [1.29, 1.82) is 0 Å². The minimum absolute atomic E-state index is 0.0985. The van der Waals surface area contributed by atoms with Crippen LogP contribution in [0.3, 0.4) is 0 Å². The minimum Gasteiger partial charge on any atom is -0.355 e. The SMILES string of the molecule is CNC(=O)c1ccc(NN)cc1. The number of anilines is 1. The average Bonchev–Trinajstić information content (AvgIpc) is 2.17. The van der Waals surface area contributed by atoms with Crippen LogP contribution in [0.5, 0.6) is 0 Å². The molecule has 0 aliphatic rings. The van der Waals surface area contributed by atoms with Gasteiger partial charge in [-0.25, -0.2) is 0 Å². The summed E-state index contributed by atoms with van der Waals surface area (Å²) in [7, 11) is 1.59. The second-order valence-electron chi connectivity index (χ2n) is 2.30. The summed E-state index contributed by atoms with van der Waals surface area (Å²) in [4.78, 5) is 11.1. The van der Waals surface area contributed by atoms with Crippen LogP contribution in [0.2, 0.25) is 0 Å². The Morgan fingerprint density at radius 3 is 2.33 bits per heavy atom. The van der Waals surface area contributed by atoms with E-state index in [1.165, 1.54) is 0 Å². The van der Waals surface area contributed by atoms with Gasteiger partial charge in [-0.3, -0.25) is 10.6 Å². The Hall–Kier alpha value is -1.55. The molecular formula is C8H11N3O. The van der Waals surface area contributed by atoms with Gasteiger partial charge < -0.3 is 10.7 Å². The summed E-state index contributed by atoms with van der Waals surface area (Å²) in [6, 6.07) is 6.89. The molecule has 4 heteroatoms. The number of carbonyl (C=O) groups is 1. The van der Waals surface area contributed by atoms with E-state index in [-0.39, 0.29) is 5.91 Å². The lowest BCUT2D eigenvalue weighted by atomic mass is 10.2. The van der Waals surface area contributed by atoms with Crippen LogP contribution in [0.4, 0.5) is 5.69 Å². The maximum atomic E-state index is 11.1. The number of benzene rings is 1. The van der Waals surface area contributed by atoms with Gasteiger partial charge in [-0.05, 0) is 24.3 Å². The first-order valence-electron chi connectivity index (χ1n) is 3.56. The predicted molar refractivity (Wildman–Crippen MR) is 47.6 cm³/mol. The summed E-state index contributed by atoms with van der Waals surface area (Å²) in [6.45, 7) is 0. The molecule has 1 amide bonds. The van der Waals surface area contributed by atoms with E-state index in [2.05, 4.69) is 10.7 Å². The molecule has 0 atom stereocenters. The first-order chi connectivity index (χ1) is 5.77. The van der Waals surface area contributed by atoms with Crippen molar-refractivity contribution in [2.45, 2.75) is 0 Å². The van der Waals surface area contributed by atoms with Crippen molar-refractivity contribution >= 4 is 11.6 Å². The molecule has 0 unspecified atom stereocenters. The number of hydrazine groups is 1. The van der Waals surface area contributed by atoms with Crippen molar-refractivity contribution in [2.24, 2.45) is 5.84 Å². The molecular weight excluding hydrogens is 154 g/mol. The molecule has 0 heterocycles. The Morgan fingerprint density at radius 1 is 1.33 bits per heavy atom. The van der Waals surface area contributed by atoms with Crippen molar-refractivity contribution < 1.29 is 4.79 Å². The fourth-order valence-electron chi connectivity index (χ4n) is 0.862. The van der Waals surface area contributed by atoms with Gasteiger partial charge in [0.05, 0.1) is 0 Å². The van der Waals surface area contributed by atoms with Gasteiger partial charge in [-0.1, -0.05) is 0 Å². The summed E-state index contributed by atoms with van der Waals surface area (Å²) in [5, 5.41) is 2.53. The summed E-state index contributed by atoms with van der Waals surface area (Å²) < 4.78 is 0. The number of carbonyl (C=O) groups excluding carboxylic acids is 1. The third-order valence-corrected chi connectivity index (χ3v) is 1.54. The molecule has 0 fully saturated rings.